The van der Waals surface area contributed by atoms with Gasteiger partial charge in [0.2, 0.25) is 0 Å². The van der Waals surface area contributed by atoms with Gasteiger partial charge in [-0.3, -0.25) is 9.36 Å². The molecular weight excluding hydrogens is 422 g/mol. The van der Waals surface area contributed by atoms with Gasteiger partial charge in [0.25, 0.3) is 5.56 Å². The number of thiophene rings is 1. The number of rotatable bonds is 5. The first-order chi connectivity index (χ1) is 15.1. The van der Waals surface area contributed by atoms with Gasteiger partial charge in [0.05, 0.1) is 22.5 Å². The summed E-state index contributed by atoms with van der Waals surface area (Å²) in [4.78, 5) is 22.5. The molecule has 0 radical (unpaired) electrons. The van der Waals surface area contributed by atoms with Crippen LogP contribution in [0, 0.1) is 6.92 Å². The minimum absolute atomic E-state index is 0.0792. The van der Waals surface area contributed by atoms with Crippen molar-refractivity contribution >= 4 is 33.3 Å². The summed E-state index contributed by atoms with van der Waals surface area (Å²) in [5.74, 6) is 0.879. The number of aryl methyl sites for hydroxylation is 1. The molecule has 6 heteroatoms. The van der Waals surface area contributed by atoms with Crippen LogP contribution in [0.1, 0.15) is 28.5 Å². The lowest BCUT2D eigenvalue weighted by molar-refractivity contribution is -0.929. The highest BCUT2D eigenvalue weighted by Crippen LogP contribution is 2.31. The average Bonchev–Trinajstić information content (AvgIpc) is 3.12. The molecular formula is C25H26N3OS2+. The van der Waals surface area contributed by atoms with Crippen molar-refractivity contribution in [2.75, 3.05) is 12.3 Å². The fraction of sp³-hybridized carbons (Fsp3) is 0.280. The van der Waals surface area contributed by atoms with Crippen molar-refractivity contribution in [3.63, 3.8) is 0 Å². The Morgan fingerprint density at radius 1 is 1.16 bits per heavy atom. The van der Waals surface area contributed by atoms with Gasteiger partial charge in [-0.1, -0.05) is 61.2 Å². The number of fused-ring (bicyclic) bond motifs is 3. The zero-order chi connectivity index (χ0) is 21.4. The second-order valence-corrected chi connectivity index (χ2v) is 10.4. The third-order valence-corrected chi connectivity index (χ3v) is 7.79. The lowest BCUT2D eigenvalue weighted by Crippen LogP contribution is -3.10. The second-order valence-electron chi connectivity index (χ2n) is 8.08. The highest BCUT2D eigenvalue weighted by molar-refractivity contribution is 7.99. The summed E-state index contributed by atoms with van der Waals surface area (Å²) >= 11 is 3.35. The molecule has 0 aliphatic carbocycles. The third kappa shape index (κ3) is 3.95. The van der Waals surface area contributed by atoms with Gasteiger partial charge < -0.3 is 4.90 Å². The normalized spacial score (nSPS) is 15.9. The highest BCUT2D eigenvalue weighted by Gasteiger charge is 2.27. The van der Waals surface area contributed by atoms with Crippen LogP contribution in [0.5, 0.6) is 0 Å². The molecule has 3 heterocycles. The summed E-state index contributed by atoms with van der Waals surface area (Å²) in [6.45, 7) is 7.19. The fourth-order valence-corrected chi connectivity index (χ4v) is 6.48. The number of nitrogens with one attached hydrogen (secondary N) is 1. The van der Waals surface area contributed by atoms with Crippen molar-refractivity contribution in [2.45, 2.75) is 38.5 Å². The first-order valence-corrected chi connectivity index (χ1v) is 12.6. The van der Waals surface area contributed by atoms with Crippen molar-refractivity contribution < 1.29 is 4.90 Å². The number of quaternary nitrogens is 1. The van der Waals surface area contributed by atoms with E-state index >= 15 is 0 Å². The number of nitrogens with zero attached hydrogens (tertiary/aromatic N) is 2. The maximum absolute atomic E-state index is 13.8. The van der Waals surface area contributed by atoms with E-state index in [0.29, 0.717) is 0 Å². The highest BCUT2D eigenvalue weighted by atomic mass is 32.2. The molecule has 0 spiro atoms. The Kier molecular flexibility index (Phi) is 5.69. The summed E-state index contributed by atoms with van der Waals surface area (Å²) in [5.41, 5.74) is 4.72. The third-order valence-electron chi connectivity index (χ3n) is 5.85. The van der Waals surface area contributed by atoms with Crippen LogP contribution < -0.4 is 10.5 Å². The zero-order valence-corrected chi connectivity index (χ0v) is 19.5. The summed E-state index contributed by atoms with van der Waals surface area (Å²) in [6, 6.07) is 18.8. The van der Waals surface area contributed by atoms with Crippen LogP contribution >= 0.6 is 23.1 Å². The Morgan fingerprint density at radius 2 is 2.00 bits per heavy atom. The second kappa shape index (κ2) is 8.61. The lowest BCUT2D eigenvalue weighted by Gasteiger charge is -2.24. The molecule has 1 aliphatic heterocycles. The number of hydrogen-bond acceptors (Lipinski definition) is 4. The zero-order valence-electron chi connectivity index (χ0n) is 17.9. The van der Waals surface area contributed by atoms with E-state index in [4.69, 9.17) is 4.98 Å². The Hall–Kier alpha value is -2.41. The van der Waals surface area contributed by atoms with E-state index < -0.39 is 0 Å². The number of benzene rings is 2. The molecule has 0 saturated carbocycles. The summed E-state index contributed by atoms with van der Waals surface area (Å²) in [7, 11) is 0. The van der Waals surface area contributed by atoms with Crippen LogP contribution in [0.3, 0.4) is 0 Å². The molecule has 1 N–H and O–H groups in total. The molecule has 0 amide bonds. The van der Waals surface area contributed by atoms with Gasteiger partial charge in [0.15, 0.2) is 5.16 Å². The molecule has 0 saturated heterocycles. The monoisotopic (exact) mass is 448 g/mol. The van der Waals surface area contributed by atoms with E-state index in [1.165, 1.54) is 16.0 Å². The summed E-state index contributed by atoms with van der Waals surface area (Å²) in [6.07, 6.45) is 0.933. The number of thioether (sulfide) groups is 1. The maximum atomic E-state index is 13.8. The van der Waals surface area contributed by atoms with Crippen molar-refractivity contribution in [3.05, 3.63) is 86.5 Å². The predicted molar refractivity (Wildman–Crippen MR) is 130 cm³/mol. The molecule has 158 valence electrons. The average molecular weight is 449 g/mol. The van der Waals surface area contributed by atoms with Crippen molar-refractivity contribution in [2.24, 2.45) is 0 Å². The van der Waals surface area contributed by atoms with Crippen LogP contribution in [0.25, 0.3) is 15.9 Å². The Morgan fingerprint density at radius 3 is 2.77 bits per heavy atom. The maximum Gasteiger partial charge on any atom is 0.267 e. The minimum atomic E-state index is 0.0792. The van der Waals surface area contributed by atoms with E-state index in [0.717, 1.165) is 58.4 Å². The van der Waals surface area contributed by atoms with Crippen LogP contribution in [-0.2, 0) is 19.5 Å². The standard InChI is InChI=1S/C25H25N3OS2/c1-3-30-25-26-23-22(24(29)28(25)19-11-7-8-17(2)14-19)20-12-13-27(16-21(20)31-23)15-18-9-5-4-6-10-18/h4-11,14H,3,12-13,15-16H2,1-2H3/p+1. The Bertz CT molecular complexity index is 1290. The number of aromatic nitrogens is 2. The van der Waals surface area contributed by atoms with Crippen molar-refractivity contribution in [3.8, 4) is 5.69 Å². The van der Waals surface area contributed by atoms with E-state index in [-0.39, 0.29) is 5.56 Å². The van der Waals surface area contributed by atoms with Gasteiger partial charge in [0, 0.05) is 12.0 Å². The molecule has 0 fully saturated rings. The summed E-state index contributed by atoms with van der Waals surface area (Å²) < 4.78 is 1.82. The summed E-state index contributed by atoms with van der Waals surface area (Å²) in [5, 5.41) is 1.62. The topological polar surface area (TPSA) is 39.3 Å². The van der Waals surface area contributed by atoms with E-state index in [1.807, 2.05) is 16.7 Å². The molecule has 4 aromatic rings. The fourth-order valence-electron chi connectivity index (χ4n) is 4.41. The van der Waals surface area contributed by atoms with Gasteiger partial charge in [-0.2, -0.15) is 0 Å². The molecule has 0 bridgehead atoms. The van der Waals surface area contributed by atoms with Gasteiger partial charge in [-0.05, 0) is 35.9 Å². The largest absolute Gasteiger partial charge is 0.326 e. The van der Waals surface area contributed by atoms with E-state index in [2.05, 4.69) is 56.3 Å². The van der Waals surface area contributed by atoms with E-state index in [1.54, 1.807) is 28.0 Å². The Labute approximate surface area is 190 Å². The van der Waals surface area contributed by atoms with Gasteiger partial charge >= 0.3 is 0 Å². The molecule has 5 rings (SSSR count). The van der Waals surface area contributed by atoms with Crippen LogP contribution in [0.15, 0.2) is 64.5 Å². The molecule has 1 atom stereocenters. The molecule has 31 heavy (non-hydrogen) atoms. The van der Waals surface area contributed by atoms with Gasteiger partial charge in [0.1, 0.15) is 17.9 Å². The lowest BCUT2D eigenvalue weighted by atomic mass is 10.0. The van der Waals surface area contributed by atoms with Crippen LogP contribution in [0.2, 0.25) is 0 Å². The molecule has 4 nitrogen and oxygen atoms in total. The van der Waals surface area contributed by atoms with Crippen LogP contribution in [-0.4, -0.2) is 21.8 Å². The van der Waals surface area contributed by atoms with E-state index in [9.17, 15) is 4.79 Å². The van der Waals surface area contributed by atoms with Gasteiger partial charge in [-0.25, -0.2) is 4.98 Å². The first kappa shape index (κ1) is 20.5. The predicted octanol–water partition coefficient (Wildman–Crippen LogP) is 4.01. The molecule has 2 aromatic heterocycles. The van der Waals surface area contributed by atoms with Crippen molar-refractivity contribution in [1.29, 1.82) is 0 Å². The smallest absolute Gasteiger partial charge is 0.267 e. The molecule has 1 aliphatic rings. The first-order valence-electron chi connectivity index (χ1n) is 10.8. The van der Waals surface area contributed by atoms with Gasteiger partial charge in [-0.15, -0.1) is 11.3 Å². The number of hydrogen-bond donors (Lipinski definition) is 1. The SMILES string of the molecule is CCSc1nc2sc3c(c2c(=O)n1-c1cccc(C)c1)CC[NH+](Cc1ccccc1)C3. The van der Waals surface area contributed by atoms with Crippen LogP contribution in [0.4, 0.5) is 0 Å². The molecule has 2 aromatic carbocycles. The Balaban J connectivity index is 1.58. The quantitative estimate of drug-likeness (QED) is 0.370. The van der Waals surface area contributed by atoms with Crippen molar-refractivity contribution in [1.82, 2.24) is 9.55 Å². The minimum Gasteiger partial charge on any atom is -0.326 e. The molecule has 1 unspecified atom stereocenters.